The first-order chi connectivity index (χ1) is 13.5. The Bertz CT molecular complexity index is 944. The number of benzene rings is 1. The van der Waals surface area contributed by atoms with Crippen LogP contribution < -0.4 is 10.2 Å². The number of fused-ring (bicyclic) bond motifs is 1. The zero-order valence-electron chi connectivity index (χ0n) is 16.0. The fourth-order valence-corrected chi connectivity index (χ4v) is 4.70. The molecule has 0 unspecified atom stereocenters. The van der Waals surface area contributed by atoms with Crippen molar-refractivity contribution >= 4 is 5.91 Å². The molecule has 1 aromatic heterocycles. The Morgan fingerprint density at radius 3 is 2.79 bits per heavy atom. The van der Waals surface area contributed by atoms with E-state index in [0.717, 1.165) is 24.3 Å². The highest BCUT2D eigenvalue weighted by Gasteiger charge is 2.48. The lowest BCUT2D eigenvalue weighted by molar-refractivity contribution is -0.130. The van der Waals surface area contributed by atoms with Crippen molar-refractivity contribution in [3.63, 3.8) is 0 Å². The Morgan fingerprint density at radius 1 is 1.29 bits per heavy atom. The first kappa shape index (κ1) is 18.7. The smallest absolute Gasteiger partial charge is 0.223 e. The predicted molar refractivity (Wildman–Crippen MR) is 102 cm³/mol. The minimum atomic E-state index is -0.282. The number of methoxy groups -OCH3 is 1. The Balaban J connectivity index is 1.54. The third-order valence-electron chi connectivity index (χ3n) is 5.89. The molecule has 2 aliphatic heterocycles. The number of ether oxygens (including phenoxy) is 1. The Morgan fingerprint density at radius 2 is 2.11 bits per heavy atom. The van der Waals surface area contributed by atoms with Gasteiger partial charge in [0.2, 0.25) is 11.3 Å². The van der Waals surface area contributed by atoms with E-state index in [2.05, 4.69) is 9.88 Å². The summed E-state index contributed by atoms with van der Waals surface area (Å²) in [7, 11) is 1.47. The fraction of sp³-hybridized carbons (Fsp3) is 0.429. The van der Waals surface area contributed by atoms with Gasteiger partial charge in [-0.25, -0.2) is 4.39 Å². The molecule has 2 aromatic rings. The number of hydrogen-bond donors (Lipinski definition) is 1. The average Bonchev–Trinajstić information content (AvgIpc) is 3.19. The minimum Gasteiger partial charge on any atom is -0.491 e. The third-order valence-corrected chi connectivity index (χ3v) is 5.89. The molecule has 0 aliphatic carbocycles. The van der Waals surface area contributed by atoms with Gasteiger partial charge in [0.05, 0.1) is 13.2 Å². The lowest BCUT2D eigenvalue weighted by atomic mass is 9.89. The molecule has 0 radical (unpaired) electrons. The van der Waals surface area contributed by atoms with Gasteiger partial charge in [-0.2, -0.15) is 0 Å². The molecule has 0 spiro atoms. The zero-order chi connectivity index (χ0) is 19.8. The van der Waals surface area contributed by atoms with Gasteiger partial charge in [-0.15, -0.1) is 0 Å². The zero-order valence-corrected chi connectivity index (χ0v) is 16.0. The van der Waals surface area contributed by atoms with E-state index < -0.39 is 0 Å². The number of likely N-dealkylation sites (tertiary alicyclic amines) is 2. The number of aromatic amines is 1. The van der Waals surface area contributed by atoms with Crippen LogP contribution in [0, 0.1) is 17.7 Å². The number of H-pyrrole nitrogens is 1. The number of nitrogens with one attached hydrogen (secondary N) is 1. The minimum absolute atomic E-state index is 0.0229. The molecule has 6 nitrogen and oxygen atoms in total. The number of amides is 1. The molecular formula is C21H24FN3O3. The number of hydrogen-bond acceptors (Lipinski definition) is 4. The molecule has 4 rings (SSSR count). The van der Waals surface area contributed by atoms with Crippen molar-refractivity contribution < 1.29 is 13.9 Å². The summed E-state index contributed by atoms with van der Waals surface area (Å²) >= 11 is 0. The van der Waals surface area contributed by atoms with E-state index in [9.17, 15) is 14.0 Å². The molecular weight excluding hydrogens is 361 g/mol. The molecule has 28 heavy (non-hydrogen) atoms. The van der Waals surface area contributed by atoms with E-state index in [-0.39, 0.29) is 29.1 Å². The van der Waals surface area contributed by atoms with Crippen LogP contribution >= 0.6 is 0 Å². The van der Waals surface area contributed by atoms with Crippen molar-refractivity contribution in [2.24, 2.45) is 11.8 Å². The molecule has 148 valence electrons. The van der Waals surface area contributed by atoms with Crippen LogP contribution in [-0.4, -0.2) is 47.4 Å². The van der Waals surface area contributed by atoms with Crippen LogP contribution in [0.2, 0.25) is 0 Å². The predicted octanol–water partition coefficient (Wildman–Crippen LogP) is 2.17. The standard InChI is InChI=1S/C21H24FN3O3/c1-13(26)25-10-15-9-24(11-17-7-19(27)20(28-2)8-23-17)12-18(15)21(25)14-4-3-5-16(22)6-14/h3-8,15,18,21H,9-12H2,1-2H3,(H,23,27)/t15-,18-,21-/m1/s1. The van der Waals surface area contributed by atoms with Gasteiger partial charge in [-0.1, -0.05) is 12.1 Å². The van der Waals surface area contributed by atoms with Gasteiger partial charge in [-0.05, 0) is 23.6 Å². The van der Waals surface area contributed by atoms with Crippen molar-refractivity contribution in [2.45, 2.75) is 19.5 Å². The van der Waals surface area contributed by atoms with Gasteiger partial charge in [-0.3, -0.25) is 14.5 Å². The maximum Gasteiger partial charge on any atom is 0.223 e. The van der Waals surface area contributed by atoms with Crippen LogP contribution in [0.15, 0.2) is 41.3 Å². The Hall–Kier alpha value is -2.67. The van der Waals surface area contributed by atoms with Gasteiger partial charge < -0.3 is 14.6 Å². The molecule has 0 saturated carbocycles. The molecule has 3 atom stereocenters. The van der Waals surface area contributed by atoms with Crippen molar-refractivity contribution in [2.75, 3.05) is 26.7 Å². The number of aromatic nitrogens is 1. The number of halogens is 1. The van der Waals surface area contributed by atoms with Crippen LogP contribution in [0.3, 0.4) is 0 Å². The van der Waals surface area contributed by atoms with Gasteiger partial charge in [0, 0.05) is 57.0 Å². The molecule has 1 aromatic carbocycles. The maximum absolute atomic E-state index is 13.8. The van der Waals surface area contributed by atoms with Crippen molar-refractivity contribution in [3.8, 4) is 5.75 Å². The SMILES string of the molecule is COc1c[nH]c(CN2C[C@@H]3CN(C(C)=O)[C@H](c4cccc(F)c4)[C@@H]3C2)cc1=O. The van der Waals surface area contributed by atoms with Crippen molar-refractivity contribution in [1.29, 1.82) is 0 Å². The summed E-state index contributed by atoms with van der Waals surface area (Å²) in [6.07, 6.45) is 1.58. The lowest BCUT2D eigenvalue weighted by Gasteiger charge is -2.29. The third kappa shape index (κ3) is 3.42. The van der Waals surface area contributed by atoms with Crippen LogP contribution in [0.25, 0.3) is 0 Å². The summed E-state index contributed by atoms with van der Waals surface area (Å²) in [6, 6.07) is 8.01. The number of carbonyl (C=O) groups excluding carboxylic acids is 1. The molecule has 2 aliphatic rings. The second kappa shape index (κ2) is 7.39. The largest absolute Gasteiger partial charge is 0.491 e. The second-order valence-electron chi connectivity index (χ2n) is 7.68. The van der Waals surface area contributed by atoms with E-state index in [0.29, 0.717) is 24.8 Å². The summed E-state index contributed by atoms with van der Waals surface area (Å²) in [4.78, 5) is 31.4. The van der Waals surface area contributed by atoms with Crippen LogP contribution in [0.4, 0.5) is 4.39 Å². The molecule has 1 N–H and O–H groups in total. The van der Waals surface area contributed by atoms with E-state index in [1.165, 1.54) is 19.2 Å². The van der Waals surface area contributed by atoms with Gasteiger partial charge >= 0.3 is 0 Å². The quantitative estimate of drug-likeness (QED) is 0.876. The molecule has 3 heterocycles. The summed E-state index contributed by atoms with van der Waals surface area (Å²) < 4.78 is 18.8. The highest BCUT2D eigenvalue weighted by Crippen LogP contribution is 2.45. The molecule has 2 fully saturated rings. The van der Waals surface area contributed by atoms with Crippen molar-refractivity contribution in [3.05, 3.63) is 63.8 Å². The van der Waals surface area contributed by atoms with E-state index in [4.69, 9.17) is 4.74 Å². The van der Waals surface area contributed by atoms with Gasteiger partial charge in [0.25, 0.3) is 0 Å². The summed E-state index contributed by atoms with van der Waals surface area (Å²) in [6.45, 7) is 4.52. The monoisotopic (exact) mass is 385 g/mol. The number of carbonyl (C=O) groups is 1. The van der Waals surface area contributed by atoms with E-state index in [1.54, 1.807) is 25.3 Å². The fourth-order valence-electron chi connectivity index (χ4n) is 4.70. The Labute approximate surface area is 162 Å². The first-order valence-corrected chi connectivity index (χ1v) is 9.47. The highest BCUT2D eigenvalue weighted by atomic mass is 19.1. The summed E-state index contributed by atoms with van der Waals surface area (Å²) in [5.41, 5.74) is 1.54. The van der Waals surface area contributed by atoms with E-state index in [1.807, 2.05) is 11.0 Å². The van der Waals surface area contributed by atoms with E-state index >= 15 is 0 Å². The average molecular weight is 385 g/mol. The normalized spacial score (nSPS) is 24.4. The van der Waals surface area contributed by atoms with Crippen molar-refractivity contribution in [1.82, 2.24) is 14.8 Å². The Kier molecular flexibility index (Phi) is 4.93. The van der Waals surface area contributed by atoms with Gasteiger partial charge in [0.15, 0.2) is 5.75 Å². The molecule has 7 heteroatoms. The first-order valence-electron chi connectivity index (χ1n) is 9.47. The van der Waals surface area contributed by atoms with Crippen LogP contribution in [0.5, 0.6) is 5.75 Å². The highest BCUT2D eigenvalue weighted by molar-refractivity contribution is 5.74. The molecule has 2 saturated heterocycles. The lowest BCUT2D eigenvalue weighted by Crippen LogP contribution is -2.34. The van der Waals surface area contributed by atoms with Gasteiger partial charge in [0.1, 0.15) is 5.82 Å². The topological polar surface area (TPSA) is 65.6 Å². The number of rotatable bonds is 4. The van der Waals surface area contributed by atoms with Crippen LogP contribution in [-0.2, 0) is 11.3 Å². The second-order valence-corrected chi connectivity index (χ2v) is 7.68. The number of pyridine rings is 1. The number of nitrogens with zero attached hydrogens (tertiary/aromatic N) is 2. The summed E-state index contributed by atoms with van der Waals surface area (Å²) in [5, 5.41) is 0. The molecule has 0 bridgehead atoms. The summed E-state index contributed by atoms with van der Waals surface area (Å²) in [5.74, 6) is 0.618. The van der Waals surface area contributed by atoms with Crippen LogP contribution in [0.1, 0.15) is 24.2 Å². The molecule has 1 amide bonds. The maximum atomic E-state index is 13.8.